The predicted octanol–water partition coefficient (Wildman–Crippen LogP) is -0.417. The van der Waals surface area contributed by atoms with Crippen LogP contribution in [0.5, 0.6) is 0 Å². The smallest absolute Gasteiger partial charge is 0.220 e. The first kappa shape index (κ1) is 18.0. The Morgan fingerprint density at radius 3 is 2.42 bits per heavy atom. The lowest BCUT2D eigenvalue weighted by Crippen LogP contribution is -2.34. The monoisotopic (exact) mass is 274 g/mol. The number of ketones is 1. The predicted molar refractivity (Wildman–Crippen MR) is 72.7 cm³/mol. The zero-order valence-electron chi connectivity index (χ0n) is 11.8. The normalized spacial score (nSPS) is 13.9. The van der Waals surface area contributed by atoms with E-state index in [9.17, 15) is 9.59 Å². The average molecular weight is 274 g/mol. The highest BCUT2D eigenvalue weighted by atomic mass is 16.3. The molecule has 0 aliphatic carbocycles. The van der Waals surface area contributed by atoms with Crippen molar-refractivity contribution < 1.29 is 19.8 Å². The Balaban J connectivity index is 3.57. The van der Waals surface area contributed by atoms with E-state index in [4.69, 9.17) is 10.2 Å². The molecular formula is C13H26N2O4. The van der Waals surface area contributed by atoms with Crippen molar-refractivity contribution in [2.45, 2.75) is 51.2 Å². The molecule has 0 fully saturated rings. The van der Waals surface area contributed by atoms with E-state index in [-0.39, 0.29) is 24.3 Å². The number of aliphatic hydroxyl groups excluding tert-OH is 2. The molecule has 0 rings (SSSR count). The van der Waals surface area contributed by atoms with Crippen molar-refractivity contribution in [3.63, 3.8) is 0 Å². The third-order valence-electron chi connectivity index (χ3n) is 3.00. The quantitative estimate of drug-likeness (QED) is 0.384. The summed E-state index contributed by atoms with van der Waals surface area (Å²) < 4.78 is 0. The lowest BCUT2D eigenvalue weighted by atomic mass is 10.1. The largest absolute Gasteiger partial charge is 0.394 e. The number of unbranched alkanes of at least 4 members (excludes halogenated alkanes) is 1. The third-order valence-corrected chi connectivity index (χ3v) is 3.00. The fourth-order valence-corrected chi connectivity index (χ4v) is 1.74. The Morgan fingerprint density at radius 2 is 1.89 bits per heavy atom. The van der Waals surface area contributed by atoms with Crippen LogP contribution in [0.1, 0.15) is 39.0 Å². The maximum atomic E-state index is 11.5. The summed E-state index contributed by atoms with van der Waals surface area (Å²) in [5, 5.41) is 23.4. The molecule has 0 saturated heterocycles. The van der Waals surface area contributed by atoms with Crippen LogP contribution >= 0.6 is 0 Å². The number of carbonyl (C=O) groups excluding carboxylic acids is 2. The van der Waals surface area contributed by atoms with Crippen LogP contribution in [-0.2, 0) is 9.59 Å². The van der Waals surface area contributed by atoms with Crippen LogP contribution in [-0.4, -0.2) is 54.2 Å². The fraction of sp³-hybridized carbons (Fsp3) is 0.846. The van der Waals surface area contributed by atoms with Gasteiger partial charge in [0.2, 0.25) is 5.91 Å². The van der Waals surface area contributed by atoms with Gasteiger partial charge in [0, 0.05) is 13.0 Å². The summed E-state index contributed by atoms with van der Waals surface area (Å²) in [5.41, 5.74) is 0. The van der Waals surface area contributed by atoms with Crippen LogP contribution in [0, 0.1) is 0 Å². The lowest BCUT2D eigenvalue weighted by Gasteiger charge is -2.12. The topological polar surface area (TPSA) is 98.7 Å². The minimum atomic E-state index is -0.664. The van der Waals surface area contributed by atoms with E-state index in [2.05, 4.69) is 10.6 Å². The highest BCUT2D eigenvalue weighted by Gasteiger charge is 2.13. The maximum Gasteiger partial charge on any atom is 0.220 e. The van der Waals surface area contributed by atoms with Crippen molar-refractivity contribution in [2.24, 2.45) is 0 Å². The molecule has 0 aliphatic rings. The molecule has 0 saturated carbocycles. The SMILES string of the molecule is CN[C@@H](CCC(=O)NCCCC[C@H](O)CO)C(C)=O. The molecule has 6 nitrogen and oxygen atoms in total. The van der Waals surface area contributed by atoms with Crippen LogP contribution in [0.2, 0.25) is 0 Å². The molecule has 0 aromatic carbocycles. The minimum Gasteiger partial charge on any atom is -0.394 e. The second kappa shape index (κ2) is 10.9. The van der Waals surface area contributed by atoms with Gasteiger partial charge in [-0.2, -0.15) is 0 Å². The number of hydrogen-bond acceptors (Lipinski definition) is 5. The molecule has 0 bridgehead atoms. The fourth-order valence-electron chi connectivity index (χ4n) is 1.74. The summed E-state index contributed by atoms with van der Waals surface area (Å²) in [6.07, 6.45) is 2.23. The van der Waals surface area contributed by atoms with E-state index in [0.717, 1.165) is 12.8 Å². The van der Waals surface area contributed by atoms with E-state index < -0.39 is 6.10 Å². The van der Waals surface area contributed by atoms with Crippen LogP contribution in [0.15, 0.2) is 0 Å². The van der Waals surface area contributed by atoms with Crippen molar-refractivity contribution in [1.82, 2.24) is 10.6 Å². The summed E-state index contributed by atoms with van der Waals surface area (Å²) in [7, 11) is 1.70. The van der Waals surface area contributed by atoms with Crippen molar-refractivity contribution in [2.75, 3.05) is 20.2 Å². The molecule has 0 aliphatic heterocycles. The Hall–Kier alpha value is -0.980. The number of hydrogen-bond donors (Lipinski definition) is 4. The van der Waals surface area contributed by atoms with Gasteiger partial charge in [0.05, 0.1) is 18.8 Å². The highest BCUT2D eigenvalue weighted by Crippen LogP contribution is 2.01. The van der Waals surface area contributed by atoms with Crippen LogP contribution < -0.4 is 10.6 Å². The first-order valence-corrected chi connectivity index (χ1v) is 6.74. The number of aliphatic hydroxyl groups is 2. The van der Waals surface area contributed by atoms with Gasteiger partial charge in [0.25, 0.3) is 0 Å². The van der Waals surface area contributed by atoms with E-state index in [1.165, 1.54) is 6.92 Å². The van der Waals surface area contributed by atoms with E-state index in [1.807, 2.05) is 0 Å². The van der Waals surface area contributed by atoms with Gasteiger partial charge in [-0.1, -0.05) is 0 Å². The molecule has 6 heteroatoms. The Morgan fingerprint density at radius 1 is 1.21 bits per heavy atom. The average Bonchev–Trinajstić information content (AvgIpc) is 2.38. The van der Waals surface area contributed by atoms with Crippen molar-refractivity contribution in [3.8, 4) is 0 Å². The Kier molecular flexibility index (Phi) is 10.3. The standard InChI is InChI=1S/C13H26N2O4/c1-10(17)12(14-2)6-7-13(19)15-8-4-3-5-11(18)9-16/h11-12,14,16,18H,3-9H2,1-2H3,(H,15,19)/t11-,12-/m0/s1. The molecule has 0 heterocycles. The van der Waals surface area contributed by atoms with Gasteiger partial charge in [-0.25, -0.2) is 0 Å². The molecule has 112 valence electrons. The van der Waals surface area contributed by atoms with Crippen molar-refractivity contribution in [3.05, 3.63) is 0 Å². The Bertz CT molecular complexity index is 271. The van der Waals surface area contributed by atoms with Crippen LogP contribution in [0.25, 0.3) is 0 Å². The molecule has 0 spiro atoms. The number of Topliss-reactive ketones (excluding diaryl/α,β-unsaturated/α-hetero) is 1. The number of carbonyl (C=O) groups is 2. The molecule has 0 unspecified atom stereocenters. The van der Waals surface area contributed by atoms with Gasteiger partial charge in [0.1, 0.15) is 5.78 Å². The van der Waals surface area contributed by atoms with Gasteiger partial charge < -0.3 is 20.8 Å². The van der Waals surface area contributed by atoms with Crippen LogP contribution in [0.3, 0.4) is 0 Å². The molecule has 1 amide bonds. The lowest BCUT2D eigenvalue weighted by molar-refractivity contribution is -0.122. The number of likely N-dealkylation sites (N-methyl/N-ethyl adjacent to an activating group) is 1. The second-order valence-corrected chi connectivity index (χ2v) is 4.67. The second-order valence-electron chi connectivity index (χ2n) is 4.67. The Labute approximate surface area is 114 Å². The molecule has 2 atom stereocenters. The molecule has 0 aromatic heterocycles. The van der Waals surface area contributed by atoms with Gasteiger partial charge in [-0.05, 0) is 39.7 Å². The summed E-state index contributed by atoms with van der Waals surface area (Å²) in [4.78, 5) is 22.6. The van der Waals surface area contributed by atoms with E-state index >= 15 is 0 Å². The van der Waals surface area contributed by atoms with Crippen molar-refractivity contribution in [1.29, 1.82) is 0 Å². The first-order chi connectivity index (χ1) is 9.01. The van der Waals surface area contributed by atoms with Crippen LogP contribution in [0.4, 0.5) is 0 Å². The highest BCUT2D eigenvalue weighted by molar-refractivity contribution is 5.82. The molecule has 0 radical (unpaired) electrons. The van der Waals surface area contributed by atoms with Gasteiger partial charge in [-0.3, -0.25) is 9.59 Å². The summed E-state index contributed by atoms with van der Waals surface area (Å²) in [5.74, 6) is -0.0301. The zero-order chi connectivity index (χ0) is 14.7. The minimum absolute atomic E-state index is 0.0355. The summed E-state index contributed by atoms with van der Waals surface area (Å²) in [6, 6.07) is -0.259. The number of nitrogens with one attached hydrogen (secondary N) is 2. The van der Waals surface area contributed by atoms with E-state index in [1.54, 1.807) is 7.05 Å². The zero-order valence-corrected chi connectivity index (χ0v) is 11.8. The van der Waals surface area contributed by atoms with Gasteiger partial charge in [-0.15, -0.1) is 0 Å². The molecular weight excluding hydrogens is 248 g/mol. The third kappa shape index (κ3) is 9.58. The first-order valence-electron chi connectivity index (χ1n) is 6.74. The maximum absolute atomic E-state index is 11.5. The molecule has 19 heavy (non-hydrogen) atoms. The molecule has 4 N–H and O–H groups in total. The molecule has 0 aromatic rings. The summed E-state index contributed by atoms with van der Waals surface area (Å²) in [6.45, 7) is 1.84. The van der Waals surface area contributed by atoms with Crippen molar-refractivity contribution >= 4 is 11.7 Å². The van der Waals surface area contributed by atoms with Gasteiger partial charge >= 0.3 is 0 Å². The van der Waals surface area contributed by atoms with Gasteiger partial charge in [0.15, 0.2) is 0 Å². The van der Waals surface area contributed by atoms with E-state index in [0.29, 0.717) is 25.8 Å². The summed E-state index contributed by atoms with van der Waals surface area (Å²) >= 11 is 0. The number of amides is 1. The number of rotatable bonds is 11.